The van der Waals surface area contributed by atoms with E-state index in [4.69, 9.17) is 21.1 Å². The minimum Gasteiger partial charge on any atom is -0.488 e. The molecule has 94 valence electrons. The fourth-order valence-corrected chi connectivity index (χ4v) is 2.04. The molecule has 0 fully saturated rings. The van der Waals surface area contributed by atoms with E-state index in [1.165, 1.54) is 5.56 Å². The van der Waals surface area contributed by atoms with Gasteiger partial charge < -0.3 is 14.8 Å². The zero-order valence-corrected chi connectivity index (χ0v) is 10.6. The van der Waals surface area contributed by atoms with Crippen LogP contribution in [0.5, 0.6) is 5.75 Å². The van der Waals surface area contributed by atoms with Crippen molar-refractivity contribution in [2.75, 3.05) is 32.2 Å². The van der Waals surface area contributed by atoms with Crippen molar-refractivity contribution < 1.29 is 9.47 Å². The van der Waals surface area contributed by atoms with Crippen molar-refractivity contribution in [2.24, 2.45) is 0 Å². The van der Waals surface area contributed by atoms with Crippen LogP contribution in [0.25, 0.3) is 0 Å². The Hall–Kier alpha value is -0.770. The van der Waals surface area contributed by atoms with Crippen molar-refractivity contribution in [1.82, 2.24) is 5.32 Å². The van der Waals surface area contributed by atoms with Crippen LogP contribution in [-0.2, 0) is 11.2 Å². The summed E-state index contributed by atoms with van der Waals surface area (Å²) in [5, 5.41) is 3.33. The van der Waals surface area contributed by atoms with Gasteiger partial charge in [-0.1, -0.05) is 18.2 Å². The number of hydrogen-bond donors (Lipinski definition) is 1. The Morgan fingerprint density at radius 2 is 2.24 bits per heavy atom. The van der Waals surface area contributed by atoms with Gasteiger partial charge >= 0.3 is 0 Å². The molecule has 17 heavy (non-hydrogen) atoms. The van der Waals surface area contributed by atoms with Crippen LogP contribution in [0.2, 0.25) is 0 Å². The van der Waals surface area contributed by atoms with Gasteiger partial charge in [-0.3, -0.25) is 0 Å². The number of benzene rings is 1. The van der Waals surface area contributed by atoms with Gasteiger partial charge in [-0.05, 0) is 11.6 Å². The fourth-order valence-electron chi connectivity index (χ4n) is 1.93. The summed E-state index contributed by atoms with van der Waals surface area (Å²) in [5.74, 6) is 1.58. The first-order valence-electron chi connectivity index (χ1n) is 5.99. The van der Waals surface area contributed by atoms with Crippen molar-refractivity contribution in [3.05, 3.63) is 29.8 Å². The van der Waals surface area contributed by atoms with E-state index in [9.17, 15) is 0 Å². The molecule has 0 saturated heterocycles. The number of rotatable bonds is 7. The minimum atomic E-state index is 0.250. The normalized spacial score (nSPS) is 17.8. The van der Waals surface area contributed by atoms with Gasteiger partial charge in [-0.25, -0.2) is 0 Å². The van der Waals surface area contributed by atoms with Crippen molar-refractivity contribution in [2.45, 2.75) is 12.5 Å². The molecule has 4 heteroatoms. The second-order valence-corrected chi connectivity index (χ2v) is 4.44. The predicted octanol–water partition coefficient (Wildman–Crippen LogP) is 1.84. The smallest absolute Gasteiger partial charge is 0.123 e. The highest BCUT2D eigenvalue weighted by Gasteiger charge is 2.21. The topological polar surface area (TPSA) is 30.5 Å². The Bertz CT molecular complexity index is 321. The summed E-state index contributed by atoms with van der Waals surface area (Å²) in [6, 6.07) is 8.21. The summed E-state index contributed by atoms with van der Waals surface area (Å²) in [6.45, 7) is 3.02. The van der Waals surface area contributed by atoms with Crippen molar-refractivity contribution in [3.8, 4) is 5.75 Å². The molecule has 1 N–H and O–H groups in total. The molecule has 1 atom stereocenters. The van der Waals surface area contributed by atoms with Gasteiger partial charge in [0.1, 0.15) is 11.9 Å². The van der Waals surface area contributed by atoms with Crippen LogP contribution in [0.4, 0.5) is 0 Å². The van der Waals surface area contributed by atoms with Crippen LogP contribution in [0.3, 0.4) is 0 Å². The van der Waals surface area contributed by atoms with E-state index in [-0.39, 0.29) is 6.10 Å². The monoisotopic (exact) mass is 255 g/mol. The standard InChI is InChI=1S/C13H18ClNO2/c14-5-7-16-8-6-15-10-12-9-11-3-1-2-4-13(11)17-12/h1-4,12,15H,5-10H2. The quantitative estimate of drug-likeness (QED) is 0.596. The van der Waals surface area contributed by atoms with Crippen molar-refractivity contribution in [1.29, 1.82) is 0 Å². The highest BCUT2D eigenvalue weighted by molar-refractivity contribution is 6.17. The SMILES string of the molecule is ClCCOCCNCC1Cc2ccccc2O1. The number of nitrogens with one attached hydrogen (secondary N) is 1. The second-order valence-electron chi connectivity index (χ2n) is 4.06. The molecule has 1 heterocycles. The Labute approximate surface area is 107 Å². The van der Waals surface area contributed by atoms with Gasteiger partial charge in [-0.15, -0.1) is 11.6 Å². The molecular weight excluding hydrogens is 238 g/mol. The Morgan fingerprint density at radius 3 is 3.06 bits per heavy atom. The van der Waals surface area contributed by atoms with Crippen LogP contribution >= 0.6 is 11.6 Å². The lowest BCUT2D eigenvalue weighted by Crippen LogP contribution is -2.32. The van der Waals surface area contributed by atoms with Gasteiger partial charge in [0.05, 0.1) is 13.2 Å². The van der Waals surface area contributed by atoms with Crippen LogP contribution in [0.15, 0.2) is 24.3 Å². The fraction of sp³-hybridized carbons (Fsp3) is 0.538. The third-order valence-electron chi connectivity index (χ3n) is 2.73. The number of para-hydroxylation sites is 1. The first-order chi connectivity index (χ1) is 8.40. The maximum absolute atomic E-state index is 5.81. The van der Waals surface area contributed by atoms with Crippen molar-refractivity contribution in [3.63, 3.8) is 0 Å². The number of halogens is 1. The van der Waals surface area contributed by atoms with E-state index in [2.05, 4.69) is 17.4 Å². The number of fused-ring (bicyclic) bond motifs is 1. The predicted molar refractivity (Wildman–Crippen MR) is 69.0 cm³/mol. The molecule has 1 aromatic carbocycles. The van der Waals surface area contributed by atoms with E-state index in [0.29, 0.717) is 19.1 Å². The second kappa shape index (κ2) is 6.84. The molecule has 2 rings (SSSR count). The highest BCUT2D eigenvalue weighted by Crippen LogP contribution is 2.27. The maximum Gasteiger partial charge on any atom is 0.123 e. The summed E-state index contributed by atoms with van der Waals surface area (Å²) in [4.78, 5) is 0. The molecular formula is C13H18ClNO2. The summed E-state index contributed by atoms with van der Waals surface area (Å²) >= 11 is 5.50. The maximum atomic E-state index is 5.81. The Morgan fingerprint density at radius 1 is 1.35 bits per heavy atom. The number of hydrogen-bond acceptors (Lipinski definition) is 3. The summed E-state index contributed by atoms with van der Waals surface area (Å²) in [7, 11) is 0. The molecule has 1 aromatic rings. The molecule has 1 aliphatic rings. The van der Waals surface area contributed by atoms with E-state index >= 15 is 0 Å². The molecule has 1 unspecified atom stereocenters. The molecule has 0 aliphatic carbocycles. The lowest BCUT2D eigenvalue weighted by molar-refractivity contribution is 0.146. The van der Waals surface area contributed by atoms with Gasteiger partial charge in [0.2, 0.25) is 0 Å². The van der Waals surface area contributed by atoms with Crippen LogP contribution in [0, 0.1) is 0 Å². The summed E-state index contributed by atoms with van der Waals surface area (Å²) < 4.78 is 11.1. The minimum absolute atomic E-state index is 0.250. The molecule has 0 saturated carbocycles. The van der Waals surface area contributed by atoms with Crippen LogP contribution in [0.1, 0.15) is 5.56 Å². The summed E-state index contributed by atoms with van der Waals surface area (Å²) in [5.41, 5.74) is 1.30. The third kappa shape index (κ3) is 3.87. The Balaban J connectivity index is 1.60. The average Bonchev–Trinajstić information content (AvgIpc) is 2.76. The molecule has 0 aromatic heterocycles. The van der Waals surface area contributed by atoms with E-state index < -0.39 is 0 Å². The van der Waals surface area contributed by atoms with Gasteiger partial charge in [-0.2, -0.15) is 0 Å². The van der Waals surface area contributed by atoms with Gasteiger partial charge in [0.25, 0.3) is 0 Å². The van der Waals surface area contributed by atoms with Gasteiger partial charge in [0.15, 0.2) is 0 Å². The van der Waals surface area contributed by atoms with E-state index in [0.717, 1.165) is 25.3 Å². The van der Waals surface area contributed by atoms with E-state index in [1.54, 1.807) is 0 Å². The zero-order valence-electron chi connectivity index (χ0n) is 9.82. The first-order valence-corrected chi connectivity index (χ1v) is 6.52. The molecule has 3 nitrogen and oxygen atoms in total. The molecule has 0 spiro atoms. The lowest BCUT2D eigenvalue weighted by atomic mass is 10.1. The molecule has 0 amide bonds. The average molecular weight is 256 g/mol. The van der Waals surface area contributed by atoms with E-state index in [1.807, 2.05) is 12.1 Å². The molecule has 0 bridgehead atoms. The van der Waals surface area contributed by atoms with Crippen LogP contribution < -0.4 is 10.1 Å². The molecule has 0 radical (unpaired) electrons. The largest absolute Gasteiger partial charge is 0.488 e. The molecule has 1 aliphatic heterocycles. The summed E-state index contributed by atoms with van der Waals surface area (Å²) in [6.07, 6.45) is 1.24. The Kier molecular flexibility index (Phi) is 5.10. The number of ether oxygens (including phenoxy) is 2. The highest BCUT2D eigenvalue weighted by atomic mass is 35.5. The van der Waals surface area contributed by atoms with Crippen molar-refractivity contribution >= 4 is 11.6 Å². The first kappa shape index (κ1) is 12.7. The van der Waals surface area contributed by atoms with Gasteiger partial charge in [0, 0.05) is 25.4 Å². The lowest BCUT2D eigenvalue weighted by Gasteiger charge is -2.11. The zero-order chi connectivity index (χ0) is 11.9. The third-order valence-corrected chi connectivity index (χ3v) is 2.88. The van der Waals surface area contributed by atoms with Crippen LogP contribution in [-0.4, -0.2) is 38.3 Å². The number of alkyl halides is 1.